The highest BCUT2D eigenvalue weighted by Gasteiger charge is 2.32. The Morgan fingerprint density at radius 3 is 1.24 bits per heavy atom. The van der Waals surface area contributed by atoms with Crippen molar-refractivity contribution < 1.29 is 31.2 Å². The van der Waals surface area contributed by atoms with Gasteiger partial charge < -0.3 is 24.3 Å². The van der Waals surface area contributed by atoms with Crippen LogP contribution in [0.1, 0.15) is 11.1 Å². The van der Waals surface area contributed by atoms with E-state index in [1.165, 1.54) is 0 Å². The zero-order valence-electron chi connectivity index (χ0n) is 41.3. The fourth-order valence-electron chi connectivity index (χ4n) is 9.88. The number of amides is 2. The van der Waals surface area contributed by atoms with Crippen molar-refractivity contribution in [3.8, 4) is 11.5 Å². The SMILES string of the molecule is O=C([C@H](Cc1ccc(Oc2ccc(C[C@H](NCS(=O)(=O)c3cccc4cnccc34)C(=O)N3CCN(c4ccccc4)CC3)cc2)cc1)NCS(=O)(=O)c1cccc2cnccc12)N1CCN(c2ccccc2)CC1. The third-order valence-electron chi connectivity index (χ3n) is 14.0. The Morgan fingerprint density at radius 1 is 0.467 bits per heavy atom. The molecular weight excluding hydrogens is 985 g/mol. The number of piperazine rings is 2. The fraction of sp³-hybridized carbons (Fsp3) is 0.241. The van der Waals surface area contributed by atoms with Gasteiger partial charge in [0.05, 0.1) is 21.9 Å². The summed E-state index contributed by atoms with van der Waals surface area (Å²) in [7, 11) is -7.74. The molecule has 2 amide bonds. The van der Waals surface area contributed by atoms with Crippen LogP contribution in [0, 0.1) is 0 Å². The number of para-hydroxylation sites is 2. The van der Waals surface area contributed by atoms with Gasteiger partial charge in [-0.15, -0.1) is 0 Å². The van der Waals surface area contributed by atoms with Crippen LogP contribution in [0.15, 0.2) is 192 Å². The van der Waals surface area contributed by atoms with Crippen LogP contribution in [0.2, 0.25) is 0 Å². The van der Waals surface area contributed by atoms with E-state index in [0.717, 1.165) is 22.5 Å². The van der Waals surface area contributed by atoms with Crippen molar-refractivity contribution >= 4 is 64.4 Å². The molecule has 0 bridgehead atoms. The van der Waals surface area contributed by atoms with Crippen LogP contribution in [0.5, 0.6) is 11.5 Å². The number of aromatic nitrogens is 2. The number of fused-ring (bicyclic) bond motifs is 2. The number of nitrogens with one attached hydrogen (secondary N) is 2. The first-order valence-electron chi connectivity index (χ1n) is 25.1. The first-order valence-corrected chi connectivity index (χ1v) is 28.4. The topological polar surface area (TPSA) is 174 Å². The van der Waals surface area contributed by atoms with E-state index in [1.807, 2.05) is 107 Å². The zero-order valence-corrected chi connectivity index (χ0v) is 43.0. The van der Waals surface area contributed by atoms with Gasteiger partial charge in [0.15, 0.2) is 19.7 Å². The molecule has 17 heteroatoms. The molecule has 8 aromatic rings. The molecule has 2 atom stereocenters. The van der Waals surface area contributed by atoms with Gasteiger partial charge in [0.1, 0.15) is 23.3 Å². The Morgan fingerprint density at radius 2 is 0.853 bits per heavy atom. The van der Waals surface area contributed by atoms with Gasteiger partial charge in [0.25, 0.3) is 0 Å². The summed E-state index contributed by atoms with van der Waals surface area (Å²) in [6.07, 6.45) is 6.87. The molecule has 15 nitrogen and oxygen atoms in total. The number of nitrogens with zero attached hydrogens (tertiary/aromatic N) is 6. The van der Waals surface area contributed by atoms with Gasteiger partial charge in [-0.3, -0.25) is 30.2 Å². The fourth-order valence-corrected chi connectivity index (χ4v) is 12.6. The normalized spacial score (nSPS) is 15.2. The average Bonchev–Trinajstić information content (AvgIpc) is 3.46. The molecule has 75 heavy (non-hydrogen) atoms. The molecular formula is C58H58N8O7S2. The molecule has 0 unspecified atom stereocenters. The maximum absolute atomic E-state index is 14.3. The van der Waals surface area contributed by atoms with E-state index in [-0.39, 0.29) is 34.4 Å². The maximum Gasteiger partial charge on any atom is 0.240 e. The van der Waals surface area contributed by atoms with Gasteiger partial charge in [-0.05, 0) is 96.8 Å². The average molecular weight is 1040 g/mol. The third kappa shape index (κ3) is 12.1. The number of benzene rings is 6. The van der Waals surface area contributed by atoms with Crippen molar-refractivity contribution in [2.75, 3.05) is 73.9 Å². The minimum absolute atomic E-state index is 0.172. The van der Waals surface area contributed by atoms with Gasteiger partial charge in [-0.2, -0.15) is 0 Å². The quantitative estimate of drug-likeness (QED) is 0.0889. The first-order chi connectivity index (χ1) is 36.5. The minimum atomic E-state index is -3.87. The van der Waals surface area contributed by atoms with Crippen LogP contribution < -0.4 is 25.2 Å². The summed E-state index contributed by atoms with van der Waals surface area (Å²) in [5.74, 6) is -0.128. The Hall–Kier alpha value is -7.70. The van der Waals surface area contributed by atoms with E-state index < -0.39 is 43.5 Å². The van der Waals surface area contributed by atoms with Crippen molar-refractivity contribution in [2.45, 2.75) is 34.7 Å². The van der Waals surface area contributed by atoms with E-state index in [4.69, 9.17) is 4.74 Å². The van der Waals surface area contributed by atoms with Crippen LogP contribution in [-0.2, 0) is 42.1 Å². The Balaban J connectivity index is 0.812. The molecule has 2 saturated heterocycles. The molecule has 6 aromatic carbocycles. The molecule has 0 saturated carbocycles. The summed E-state index contributed by atoms with van der Waals surface area (Å²) in [4.78, 5) is 45.4. The highest BCUT2D eigenvalue weighted by molar-refractivity contribution is 7.91. The number of sulfone groups is 2. The van der Waals surface area contributed by atoms with E-state index in [1.54, 1.807) is 61.2 Å². The number of anilines is 2. The predicted molar refractivity (Wildman–Crippen MR) is 292 cm³/mol. The summed E-state index contributed by atoms with van der Waals surface area (Å²) in [6.45, 7) is 4.57. The minimum Gasteiger partial charge on any atom is -0.457 e. The number of hydrogen-bond donors (Lipinski definition) is 2. The second-order valence-electron chi connectivity index (χ2n) is 18.8. The molecule has 2 aliphatic heterocycles. The smallest absolute Gasteiger partial charge is 0.240 e. The highest BCUT2D eigenvalue weighted by atomic mass is 32.2. The molecule has 384 valence electrons. The number of carbonyl (C=O) groups is 2. The molecule has 2 aliphatic rings. The number of carbonyl (C=O) groups excluding carboxylic acids is 2. The van der Waals surface area contributed by atoms with Crippen molar-refractivity contribution in [1.82, 2.24) is 30.4 Å². The molecule has 2 aromatic heterocycles. The van der Waals surface area contributed by atoms with Crippen LogP contribution in [0.25, 0.3) is 21.5 Å². The van der Waals surface area contributed by atoms with Crippen LogP contribution in [0.3, 0.4) is 0 Å². The van der Waals surface area contributed by atoms with E-state index in [2.05, 4.69) is 54.7 Å². The monoisotopic (exact) mass is 1040 g/mol. The van der Waals surface area contributed by atoms with Gasteiger partial charge >= 0.3 is 0 Å². The molecule has 4 heterocycles. The Labute approximate surface area is 437 Å². The van der Waals surface area contributed by atoms with E-state index in [9.17, 15) is 26.4 Å². The lowest BCUT2D eigenvalue weighted by Crippen LogP contribution is -2.55. The first kappa shape index (κ1) is 50.8. The van der Waals surface area contributed by atoms with Gasteiger partial charge in [0, 0.05) is 110 Å². The van der Waals surface area contributed by atoms with Crippen molar-refractivity contribution in [3.05, 3.63) is 194 Å². The Kier molecular flexibility index (Phi) is 15.5. The maximum atomic E-state index is 14.3. The second-order valence-corrected chi connectivity index (χ2v) is 22.7. The summed E-state index contributed by atoms with van der Waals surface area (Å²) in [5, 5.41) is 8.85. The molecule has 0 radical (unpaired) electrons. The molecule has 2 N–H and O–H groups in total. The number of rotatable bonds is 18. The van der Waals surface area contributed by atoms with Crippen molar-refractivity contribution in [3.63, 3.8) is 0 Å². The van der Waals surface area contributed by atoms with E-state index in [0.29, 0.717) is 85.4 Å². The predicted octanol–water partition coefficient (Wildman–Crippen LogP) is 7.14. The van der Waals surface area contributed by atoms with Gasteiger partial charge in [-0.1, -0.05) is 84.9 Å². The summed E-state index contributed by atoms with van der Waals surface area (Å²) < 4.78 is 61.9. The zero-order chi connectivity index (χ0) is 51.8. The summed E-state index contributed by atoms with van der Waals surface area (Å²) in [6, 6.07) is 46.8. The molecule has 10 rings (SSSR count). The third-order valence-corrected chi connectivity index (χ3v) is 17.1. The van der Waals surface area contributed by atoms with Gasteiger partial charge in [-0.25, -0.2) is 16.8 Å². The van der Waals surface area contributed by atoms with Crippen LogP contribution in [0.4, 0.5) is 11.4 Å². The standard InChI is InChI=1S/C58H58N8O7S2/c67-57(65-33-29-63(30-34-65)47-11-3-1-4-12-47)53(61-41-74(69,70)55-15-7-9-45-39-59-27-25-51(45)55)37-43-17-21-49(22-18-43)73-50-23-19-44(20-24-50)38-54(58(68)66-35-31-64(32-36-66)48-13-5-2-6-14-48)62-42-75(71,72)56-16-8-10-46-40-60-28-26-52(46)56/h1-28,39-40,53-54,61-62H,29-38,41-42H2/t53-,54-/m0/s1. The molecule has 0 spiro atoms. The lowest BCUT2D eigenvalue weighted by molar-refractivity contribution is -0.134. The second kappa shape index (κ2) is 22.8. The van der Waals surface area contributed by atoms with Crippen molar-refractivity contribution in [1.29, 1.82) is 0 Å². The van der Waals surface area contributed by atoms with Crippen LogP contribution in [-0.4, -0.2) is 125 Å². The Bertz CT molecular complexity index is 3240. The summed E-state index contributed by atoms with van der Waals surface area (Å²) >= 11 is 0. The van der Waals surface area contributed by atoms with Crippen LogP contribution >= 0.6 is 0 Å². The lowest BCUT2D eigenvalue weighted by atomic mass is 10.0. The van der Waals surface area contributed by atoms with E-state index >= 15 is 0 Å². The van der Waals surface area contributed by atoms with Gasteiger partial charge in [0.2, 0.25) is 11.8 Å². The highest BCUT2D eigenvalue weighted by Crippen LogP contribution is 2.27. The number of ether oxygens (including phenoxy) is 1. The largest absolute Gasteiger partial charge is 0.457 e. The molecule has 0 aliphatic carbocycles. The van der Waals surface area contributed by atoms with Crippen molar-refractivity contribution in [2.24, 2.45) is 0 Å². The summed E-state index contributed by atoms with van der Waals surface area (Å²) in [5.41, 5.74) is 3.80. The molecule has 2 fully saturated rings. The number of pyridine rings is 2. The number of hydrogen-bond acceptors (Lipinski definition) is 13. The lowest BCUT2D eigenvalue weighted by Gasteiger charge is -2.37.